The summed E-state index contributed by atoms with van der Waals surface area (Å²) in [7, 11) is 0. The van der Waals surface area contributed by atoms with Crippen molar-refractivity contribution in [3.8, 4) is 0 Å². The van der Waals surface area contributed by atoms with E-state index in [1.165, 1.54) is 0 Å². The third kappa shape index (κ3) is 4.25. The van der Waals surface area contributed by atoms with Crippen LogP contribution < -0.4 is 5.32 Å². The summed E-state index contributed by atoms with van der Waals surface area (Å²) in [6, 6.07) is 3.83. The predicted octanol–water partition coefficient (Wildman–Crippen LogP) is 3.96. The van der Waals surface area contributed by atoms with Crippen molar-refractivity contribution in [1.82, 2.24) is 14.8 Å². The number of rotatable bonds is 7. The molecule has 31 heavy (non-hydrogen) atoms. The number of nitrogens with one attached hydrogen (secondary N) is 1. The summed E-state index contributed by atoms with van der Waals surface area (Å²) in [4.78, 5) is 28.9. The zero-order chi connectivity index (χ0) is 22.2. The van der Waals surface area contributed by atoms with Gasteiger partial charge >= 0.3 is 0 Å². The van der Waals surface area contributed by atoms with E-state index in [-0.39, 0.29) is 24.0 Å². The van der Waals surface area contributed by atoms with Gasteiger partial charge in [0.05, 0.1) is 24.4 Å². The van der Waals surface area contributed by atoms with Crippen LogP contribution in [0.4, 0.5) is 0 Å². The molecule has 3 heterocycles. The fraction of sp³-hybridized carbons (Fsp3) is 0.667. The molecule has 0 bridgehead atoms. The summed E-state index contributed by atoms with van der Waals surface area (Å²) < 4.78 is 13.1. The van der Waals surface area contributed by atoms with Crippen molar-refractivity contribution in [2.45, 2.75) is 84.0 Å². The van der Waals surface area contributed by atoms with E-state index in [4.69, 9.17) is 9.15 Å². The van der Waals surface area contributed by atoms with E-state index >= 15 is 0 Å². The standard InChI is InChI=1S/C24H35N3O4/c1-16(2)30-12-5-11-27-22(28)20-14-21-19(10-13-31-21)26(20)15-24(27,4)23(29)25-18-8-6-17(3)7-9-18/h10,13-14,16-18H,5-9,11-12,15H2,1-4H3,(H,25,29). The zero-order valence-corrected chi connectivity index (χ0v) is 19.1. The Morgan fingerprint density at radius 3 is 2.77 bits per heavy atom. The van der Waals surface area contributed by atoms with Crippen molar-refractivity contribution < 1.29 is 18.7 Å². The topological polar surface area (TPSA) is 76.7 Å². The maximum Gasteiger partial charge on any atom is 0.271 e. The molecule has 1 fully saturated rings. The van der Waals surface area contributed by atoms with Gasteiger partial charge in [-0.25, -0.2) is 0 Å². The van der Waals surface area contributed by atoms with Crippen LogP contribution in [0.5, 0.6) is 0 Å². The Bertz CT molecular complexity index is 938. The van der Waals surface area contributed by atoms with E-state index in [0.29, 0.717) is 43.3 Å². The van der Waals surface area contributed by atoms with Crippen molar-refractivity contribution >= 4 is 22.9 Å². The van der Waals surface area contributed by atoms with E-state index in [9.17, 15) is 9.59 Å². The van der Waals surface area contributed by atoms with Gasteiger partial charge in [-0.05, 0) is 58.8 Å². The number of nitrogens with zero attached hydrogens (tertiary/aromatic N) is 2. The highest BCUT2D eigenvalue weighted by Crippen LogP contribution is 2.33. The van der Waals surface area contributed by atoms with E-state index in [2.05, 4.69) is 12.2 Å². The Labute approximate surface area is 184 Å². The molecule has 4 rings (SSSR count). The highest BCUT2D eigenvalue weighted by molar-refractivity contribution is 6.02. The molecule has 7 heteroatoms. The smallest absolute Gasteiger partial charge is 0.271 e. The average Bonchev–Trinajstić information content (AvgIpc) is 3.31. The molecule has 2 aliphatic rings. The summed E-state index contributed by atoms with van der Waals surface area (Å²) in [6.07, 6.45) is 6.72. The van der Waals surface area contributed by atoms with Gasteiger partial charge in [0.25, 0.3) is 5.91 Å². The average molecular weight is 430 g/mol. The predicted molar refractivity (Wildman–Crippen MR) is 119 cm³/mol. The fourth-order valence-electron chi connectivity index (χ4n) is 4.91. The second kappa shape index (κ2) is 8.69. The molecule has 1 N–H and O–H groups in total. The summed E-state index contributed by atoms with van der Waals surface area (Å²) in [5.41, 5.74) is 1.15. The van der Waals surface area contributed by atoms with Gasteiger partial charge in [0.15, 0.2) is 5.58 Å². The van der Waals surface area contributed by atoms with E-state index in [1.54, 1.807) is 17.2 Å². The first-order valence-electron chi connectivity index (χ1n) is 11.6. The molecule has 1 aliphatic carbocycles. The van der Waals surface area contributed by atoms with Crippen LogP contribution >= 0.6 is 0 Å². The van der Waals surface area contributed by atoms with E-state index in [1.807, 2.05) is 31.4 Å². The number of hydrogen-bond acceptors (Lipinski definition) is 4. The minimum Gasteiger partial charge on any atom is -0.463 e. The van der Waals surface area contributed by atoms with Crippen molar-refractivity contribution in [1.29, 1.82) is 0 Å². The SMILES string of the molecule is CC1CCC(NC(=O)C2(C)Cn3c(cc4occc43)C(=O)N2CCCOC(C)C)CC1. The Balaban J connectivity index is 1.58. The van der Waals surface area contributed by atoms with Crippen LogP contribution in [0.2, 0.25) is 0 Å². The highest BCUT2D eigenvalue weighted by atomic mass is 16.5. The molecule has 2 amide bonds. The number of furan rings is 1. The Hall–Kier alpha value is -2.28. The minimum absolute atomic E-state index is 0.0684. The van der Waals surface area contributed by atoms with Gasteiger partial charge in [-0.2, -0.15) is 0 Å². The van der Waals surface area contributed by atoms with Gasteiger partial charge in [0.1, 0.15) is 11.2 Å². The maximum atomic E-state index is 13.6. The second-order valence-electron chi connectivity index (χ2n) is 9.72. The summed E-state index contributed by atoms with van der Waals surface area (Å²) in [6.45, 7) is 9.60. The van der Waals surface area contributed by atoms with Crippen LogP contribution in [0.15, 0.2) is 22.8 Å². The maximum absolute atomic E-state index is 13.6. The number of hydrogen-bond donors (Lipinski definition) is 1. The van der Waals surface area contributed by atoms with Crippen LogP contribution in [-0.2, 0) is 16.1 Å². The third-order valence-electron chi connectivity index (χ3n) is 6.87. The molecule has 170 valence electrons. The molecule has 1 saturated carbocycles. The molecule has 2 aromatic heterocycles. The first kappa shape index (κ1) is 21.9. The lowest BCUT2D eigenvalue weighted by molar-refractivity contribution is -0.134. The minimum atomic E-state index is -0.964. The molecule has 1 aliphatic heterocycles. The first-order valence-corrected chi connectivity index (χ1v) is 11.6. The molecular formula is C24H35N3O4. The van der Waals surface area contributed by atoms with Crippen molar-refractivity contribution in [3.63, 3.8) is 0 Å². The number of aromatic nitrogens is 1. The number of ether oxygens (including phenoxy) is 1. The van der Waals surface area contributed by atoms with Crippen LogP contribution in [0.1, 0.15) is 70.3 Å². The molecule has 2 aromatic rings. The molecular weight excluding hydrogens is 394 g/mol. The molecule has 0 radical (unpaired) electrons. The molecule has 1 unspecified atom stereocenters. The largest absolute Gasteiger partial charge is 0.463 e. The lowest BCUT2D eigenvalue weighted by atomic mass is 9.86. The number of fused-ring (bicyclic) bond motifs is 3. The first-order chi connectivity index (χ1) is 14.8. The summed E-state index contributed by atoms with van der Waals surface area (Å²) in [5.74, 6) is 0.521. The summed E-state index contributed by atoms with van der Waals surface area (Å²) in [5, 5.41) is 3.27. The Morgan fingerprint density at radius 1 is 1.32 bits per heavy atom. The van der Waals surface area contributed by atoms with Crippen molar-refractivity contribution in [3.05, 3.63) is 24.1 Å². The van der Waals surface area contributed by atoms with E-state index < -0.39 is 5.54 Å². The van der Waals surface area contributed by atoms with Crippen molar-refractivity contribution in [2.24, 2.45) is 5.92 Å². The Kier molecular flexibility index (Phi) is 6.15. The molecule has 0 saturated heterocycles. The van der Waals surface area contributed by atoms with Gasteiger partial charge in [-0.15, -0.1) is 0 Å². The molecule has 0 spiro atoms. The van der Waals surface area contributed by atoms with Gasteiger partial charge in [-0.1, -0.05) is 6.92 Å². The van der Waals surface area contributed by atoms with Gasteiger partial charge in [-0.3, -0.25) is 9.59 Å². The lowest BCUT2D eigenvalue weighted by Crippen LogP contribution is -2.65. The molecule has 1 atom stereocenters. The van der Waals surface area contributed by atoms with Gasteiger partial charge in [0.2, 0.25) is 5.91 Å². The van der Waals surface area contributed by atoms with Crippen LogP contribution in [0.3, 0.4) is 0 Å². The number of carbonyl (C=O) groups is 2. The van der Waals surface area contributed by atoms with Crippen LogP contribution in [0.25, 0.3) is 11.1 Å². The molecule has 0 aromatic carbocycles. The monoisotopic (exact) mass is 429 g/mol. The van der Waals surface area contributed by atoms with Gasteiger partial charge < -0.3 is 23.9 Å². The normalized spacial score (nSPS) is 26.5. The number of carbonyl (C=O) groups excluding carboxylic acids is 2. The zero-order valence-electron chi connectivity index (χ0n) is 19.1. The molecule has 7 nitrogen and oxygen atoms in total. The second-order valence-corrected chi connectivity index (χ2v) is 9.72. The van der Waals surface area contributed by atoms with Gasteiger partial charge in [0, 0.05) is 31.3 Å². The highest BCUT2D eigenvalue weighted by Gasteiger charge is 2.48. The van der Waals surface area contributed by atoms with Crippen molar-refractivity contribution in [2.75, 3.05) is 13.2 Å². The van der Waals surface area contributed by atoms with Crippen LogP contribution in [-0.4, -0.2) is 52.1 Å². The van der Waals surface area contributed by atoms with E-state index in [0.717, 1.165) is 31.2 Å². The van der Waals surface area contributed by atoms with Crippen LogP contribution in [0, 0.1) is 5.92 Å². The lowest BCUT2D eigenvalue weighted by Gasteiger charge is -2.45. The Morgan fingerprint density at radius 2 is 2.06 bits per heavy atom. The summed E-state index contributed by atoms with van der Waals surface area (Å²) >= 11 is 0. The third-order valence-corrected chi connectivity index (χ3v) is 6.87. The fourth-order valence-corrected chi connectivity index (χ4v) is 4.91. The quantitative estimate of drug-likeness (QED) is 0.676. The number of amides is 2.